The highest BCUT2D eigenvalue weighted by atomic mass is 15.3. The second-order valence-corrected chi connectivity index (χ2v) is 5.15. The maximum absolute atomic E-state index is 4.36. The van der Waals surface area contributed by atoms with Gasteiger partial charge in [-0.3, -0.25) is 4.90 Å². The van der Waals surface area contributed by atoms with Crippen LogP contribution in [0.3, 0.4) is 0 Å². The van der Waals surface area contributed by atoms with Gasteiger partial charge in [0.05, 0.1) is 6.54 Å². The molecule has 1 N–H and O–H groups in total. The summed E-state index contributed by atoms with van der Waals surface area (Å²) in [5.74, 6) is 1.10. The average molecular weight is 235 g/mol. The summed E-state index contributed by atoms with van der Waals surface area (Å²) in [6, 6.07) is 1.45. The van der Waals surface area contributed by atoms with Crippen LogP contribution in [0, 0.1) is 0 Å². The van der Waals surface area contributed by atoms with Crippen LogP contribution < -0.4 is 5.32 Å². The Balaban J connectivity index is 1.65. The van der Waals surface area contributed by atoms with E-state index in [1.807, 2.05) is 4.68 Å². The van der Waals surface area contributed by atoms with Gasteiger partial charge in [0.25, 0.3) is 0 Å². The predicted octanol–water partition coefficient (Wildman–Crippen LogP) is 0.624. The van der Waals surface area contributed by atoms with Gasteiger partial charge in [-0.2, -0.15) is 5.10 Å². The number of fused-ring (bicyclic) bond motifs is 2. The molecule has 0 aliphatic carbocycles. The molecular weight excluding hydrogens is 214 g/mol. The number of nitrogens with zero attached hydrogens (tertiary/aromatic N) is 4. The molecule has 2 saturated heterocycles. The minimum absolute atomic E-state index is 0.695. The Morgan fingerprint density at radius 3 is 3.12 bits per heavy atom. The number of aromatic nitrogens is 3. The van der Waals surface area contributed by atoms with E-state index in [4.69, 9.17) is 0 Å². The highest BCUT2D eigenvalue weighted by molar-refractivity contribution is 4.92. The summed E-state index contributed by atoms with van der Waals surface area (Å²) in [7, 11) is 0. The molecule has 2 unspecified atom stereocenters. The number of hydrogen-bond donors (Lipinski definition) is 1. The van der Waals surface area contributed by atoms with E-state index in [1.54, 1.807) is 6.33 Å². The van der Waals surface area contributed by atoms with Crippen LogP contribution in [0.25, 0.3) is 0 Å². The molecule has 94 valence electrons. The summed E-state index contributed by atoms with van der Waals surface area (Å²) in [5, 5.41) is 7.94. The van der Waals surface area contributed by atoms with Gasteiger partial charge in [0.1, 0.15) is 12.2 Å². The van der Waals surface area contributed by atoms with Gasteiger partial charge < -0.3 is 5.32 Å². The smallest absolute Gasteiger partial charge is 0.140 e. The molecule has 2 atom stereocenters. The lowest BCUT2D eigenvalue weighted by Gasteiger charge is -2.23. The van der Waals surface area contributed by atoms with Crippen molar-refractivity contribution < 1.29 is 0 Å². The summed E-state index contributed by atoms with van der Waals surface area (Å²) in [6.07, 6.45) is 5.64. The molecule has 2 fully saturated rings. The molecule has 2 aliphatic rings. The van der Waals surface area contributed by atoms with E-state index < -0.39 is 0 Å². The quantitative estimate of drug-likeness (QED) is 0.834. The fraction of sp³-hybridized carbons (Fsp3) is 0.833. The summed E-state index contributed by atoms with van der Waals surface area (Å²) in [6.45, 7) is 6.31. The lowest BCUT2D eigenvalue weighted by Crippen LogP contribution is -2.35. The molecule has 0 amide bonds. The van der Waals surface area contributed by atoms with Crippen molar-refractivity contribution in [2.75, 3.05) is 13.1 Å². The average Bonchev–Trinajstić information content (AvgIpc) is 2.88. The second-order valence-electron chi connectivity index (χ2n) is 5.15. The van der Waals surface area contributed by atoms with Crippen LogP contribution >= 0.6 is 0 Å². The van der Waals surface area contributed by atoms with E-state index in [9.17, 15) is 0 Å². The zero-order valence-corrected chi connectivity index (χ0v) is 10.5. The van der Waals surface area contributed by atoms with Gasteiger partial charge in [0.2, 0.25) is 0 Å². The normalized spacial score (nSPS) is 29.5. The topological polar surface area (TPSA) is 46.0 Å². The van der Waals surface area contributed by atoms with Crippen molar-refractivity contribution in [1.29, 1.82) is 0 Å². The van der Waals surface area contributed by atoms with Crippen molar-refractivity contribution in [2.45, 2.75) is 51.4 Å². The van der Waals surface area contributed by atoms with Gasteiger partial charge in [-0.1, -0.05) is 0 Å². The SMILES string of the molecule is CCn1ncnc1CN1CCC2CCC(C1)N2. The van der Waals surface area contributed by atoms with Crippen molar-refractivity contribution in [3.05, 3.63) is 12.2 Å². The third-order valence-corrected chi connectivity index (χ3v) is 3.97. The van der Waals surface area contributed by atoms with E-state index in [0.29, 0.717) is 6.04 Å². The molecule has 17 heavy (non-hydrogen) atoms. The highest BCUT2D eigenvalue weighted by Crippen LogP contribution is 2.21. The number of nitrogens with one attached hydrogen (secondary N) is 1. The van der Waals surface area contributed by atoms with Crippen LogP contribution in [0.5, 0.6) is 0 Å². The van der Waals surface area contributed by atoms with E-state index in [0.717, 1.165) is 31.5 Å². The van der Waals surface area contributed by atoms with Crippen molar-refractivity contribution in [1.82, 2.24) is 25.0 Å². The second kappa shape index (κ2) is 4.74. The molecule has 0 saturated carbocycles. The van der Waals surface area contributed by atoms with Crippen molar-refractivity contribution in [2.24, 2.45) is 0 Å². The molecule has 0 radical (unpaired) electrons. The Bertz CT molecular complexity index is 375. The zero-order valence-electron chi connectivity index (χ0n) is 10.5. The standard InChI is InChI=1S/C12H21N5/c1-2-17-12(13-9-14-17)8-16-6-5-10-3-4-11(7-16)15-10/h9-11,15H,2-8H2,1H3. The Morgan fingerprint density at radius 1 is 1.35 bits per heavy atom. The summed E-state index contributed by atoms with van der Waals surface area (Å²) >= 11 is 0. The van der Waals surface area contributed by atoms with Crippen LogP contribution in [-0.4, -0.2) is 44.8 Å². The van der Waals surface area contributed by atoms with Gasteiger partial charge >= 0.3 is 0 Å². The first-order valence-corrected chi connectivity index (χ1v) is 6.70. The first-order chi connectivity index (χ1) is 8.35. The molecule has 3 heterocycles. The molecule has 3 rings (SSSR count). The maximum Gasteiger partial charge on any atom is 0.140 e. The number of hydrogen-bond acceptors (Lipinski definition) is 4. The molecule has 0 aromatic carbocycles. The Labute approximate surface area is 102 Å². The van der Waals surface area contributed by atoms with Crippen LogP contribution in [0.1, 0.15) is 32.0 Å². The minimum Gasteiger partial charge on any atom is -0.310 e. The first-order valence-electron chi connectivity index (χ1n) is 6.70. The van der Waals surface area contributed by atoms with Gasteiger partial charge in [-0.15, -0.1) is 0 Å². The molecular formula is C12H21N5. The van der Waals surface area contributed by atoms with Gasteiger partial charge in [0.15, 0.2) is 0 Å². The highest BCUT2D eigenvalue weighted by Gasteiger charge is 2.29. The number of rotatable bonds is 3. The Morgan fingerprint density at radius 2 is 2.24 bits per heavy atom. The van der Waals surface area contributed by atoms with E-state index in [-0.39, 0.29) is 0 Å². The zero-order chi connectivity index (χ0) is 11.7. The minimum atomic E-state index is 0.695. The van der Waals surface area contributed by atoms with Gasteiger partial charge in [0, 0.05) is 31.7 Å². The largest absolute Gasteiger partial charge is 0.310 e. The van der Waals surface area contributed by atoms with Crippen LogP contribution in [-0.2, 0) is 13.1 Å². The first kappa shape index (κ1) is 11.2. The van der Waals surface area contributed by atoms with Crippen LogP contribution in [0.15, 0.2) is 6.33 Å². The van der Waals surface area contributed by atoms with Crippen molar-refractivity contribution >= 4 is 0 Å². The molecule has 2 aliphatic heterocycles. The van der Waals surface area contributed by atoms with E-state index >= 15 is 0 Å². The molecule has 2 bridgehead atoms. The van der Waals surface area contributed by atoms with Crippen LogP contribution in [0.4, 0.5) is 0 Å². The molecule has 5 heteroatoms. The molecule has 5 nitrogen and oxygen atoms in total. The van der Waals surface area contributed by atoms with Crippen molar-refractivity contribution in [3.63, 3.8) is 0 Å². The fourth-order valence-corrected chi connectivity index (χ4v) is 3.03. The summed E-state index contributed by atoms with van der Waals surface area (Å²) in [5.41, 5.74) is 0. The lowest BCUT2D eigenvalue weighted by molar-refractivity contribution is 0.240. The fourth-order valence-electron chi connectivity index (χ4n) is 3.03. The predicted molar refractivity (Wildman–Crippen MR) is 65.5 cm³/mol. The van der Waals surface area contributed by atoms with Gasteiger partial charge in [-0.05, 0) is 26.2 Å². The third kappa shape index (κ3) is 2.35. The van der Waals surface area contributed by atoms with E-state index in [2.05, 4.69) is 27.2 Å². The monoisotopic (exact) mass is 235 g/mol. The van der Waals surface area contributed by atoms with Crippen LogP contribution in [0.2, 0.25) is 0 Å². The van der Waals surface area contributed by atoms with Gasteiger partial charge in [-0.25, -0.2) is 9.67 Å². The third-order valence-electron chi connectivity index (χ3n) is 3.97. The maximum atomic E-state index is 4.36. The summed E-state index contributed by atoms with van der Waals surface area (Å²) < 4.78 is 2.00. The summed E-state index contributed by atoms with van der Waals surface area (Å²) in [4.78, 5) is 6.88. The molecule has 0 spiro atoms. The lowest BCUT2D eigenvalue weighted by atomic mass is 10.1. The van der Waals surface area contributed by atoms with E-state index in [1.165, 1.54) is 25.8 Å². The van der Waals surface area contributed by atoms with Crippen molar-refractivity contribution in [3.8, 4) is 0 Å². The molecule has 1 aromatic rings. The number of aryl methyl sites for hydroxylation is 1. The molecule has 1 aromatic heterocycles. The Hall–Kier alpha value is -0.940. The number of likely N-dealkylation sites (tertiary alicyclic amines) is 1. The Kier molecular flexibility index (Phi) is 3.11.